The number of nitrogens with zero attached hydrogens (tertiary/aromatic N) is 1. The Kier molecular flexibility index (Phi) is 5.61. The van der Waals surface area contributed by atoms with Crippen molar-refractivity contribution in [3.63, 3.8) is 0 Å². The van der Waals surface area contributed by atoms with E-state index in [0.717, 1.165) is 0 Å². The number of halogens is 1. The number of carbonyl (C=O) groups is 2. The molecule has 0 bridgehead atoms. The lowest BCUT2D eigenvalue weighted by Crippen LogP contribution is -2.52. The first kappa shape index (κ1) is 12.3. The normalized spacial score (nSPS) is 17.2. The standard InChI is InChI=1S/C7H12N2O3.ClH/c1-12-3-2-9-6(10)4-8-5-7(9)11;/h8H,2-5H2,1H3;1H. The number of ether oxygens (including phenoxy) is 1. The van der Waals surface area contributed by atoms with E-state index in [9.17, 15) is 9.59 Å². The largest absolute Gasteiger partial charge is 0.383 e. The van der Waals surface area contributed by atoms with Gasteiger partial charge in [-0.15, -0.1) is 12.4 Å². The van der Waals surface area contributed by atoms with Gasteiger partial charge >= 0.3 is 0 Å². The van der Waals surface area contributed by atoms with Crippen molar-refractivity contribution in [3.05, 3.63) is 0 Å². The highest BCUT2D eigenvalue weighted by Gasteiger charge is 2.24. The third kappa shape index (κ3) is 3.30. The van der Waals surface area contributed by atoms with E-state index in [1.165, 1.54) is 12.0 Å². The first-order valence-corrected chi connectivity index (χ1v) is 3.78. The molecule has 1 saturated heterocycles. The van der Waals surface area contributed by atoms with Gasteiger partial charge in [0.25, 0.3) is 0 Å². The summed E-state index contributed by atoms with van der Waals surface area (Å²) in [6, 6.07) is 0. The number of nitrogens with one attached hydrogen (secondary N) is 1. The van der Waals surface area contributed by atoms with E-state index in [1.54, 1.807) is 0 Å². The van der Waals surface area contributed by atoms with Gasteiger partial charge in [-0.2, -0.15) is 0 Å². The van der Waals surface area contributed by atoms with Crippen molar-refractivity contribution in [1.82, 2.24) is 10.2 Å². The molecule has 0 atom stereocenters. The highest BCUT2D eigenvalue weighted by Crippen LogP contribution is 1.95. The zero-order valence-corrected chi connectivity index (χ0v) is 8.23. The maximum Gasteiger partial charge on any atom is 0.243 e. The number of hydrogen-bond acceptors (Lipinski definition) is 4. The third-order valence-electron chi connectivity index (χ3n) is 1.67. The first-order chi connectivity index (χ1) is 5.75. The molecule has 6 heteroatoms. The van der Waals surface area contributed by atoms with E-state index >= 15 is 0 Å². The fraction of sp³-hybridized carbons (Fsp3) is 0.714. The average Bonchev–Trinajstić information content (AvgIpc) is 2.04. The molecule has 1 heterocycles. The van der Waals surface area contributed by atoms with Gasteiger partial charge in [0.2, 0.25) is 11.8 Å². The quantitative estimate of drug-likeness (QED) is 0.606. The summed E-state index contributed by atoms with van der Waals surface area (Å²) in [7, 11) is 1.54. The first-order valence-electron chi connectivity index (χ1n) is 3.78. The van der Waals surface area contributed by atoms with Crippen molar-refractivity contribution in [3.8, 4) is 0 Å². The number of piperazine rings is 1. The third-order valence-corrected chi connectivity index (χ3v) is 1.67. The van der Waals surface area contributed by atoms with E-state index in [4.69, 9.17) is 4.74 Å². The minimum absolute atomic E-state index is 0. The average molecular weight is 209 g/mol. The lowest BCUT2D eigenvalue weighted by atomic mass is 10.3. The van der Waals surface area contributed by atoms with Crippen LogP contribution in [0.15, 0.2) is 0 Å². The van der Waals surface area contributed by atoms with Gasteiger partial charge in [-0.3, -0.25) is 19.8 Å². The number of methoxy groups -OCH3 is 1. The SMILES string of the molecule is COCCN1C(=O)CNCC1=O.Cl. The summed E-state index contributed by atoms with van der Waals surface area (Å²) >= 11 is 0. The van der Waals surface area contributed by atoms with Gasteiger partial charge in [0, 0.05) is 7.11 Å². The van der Waals surface area contributed by atoms with Crippen molar-refractivity contribution in [1.29, 1.82) is 0 Å². The summed E-state index contributed by atoms with van der Waals surface area (Å²) in [5, 5.41) is 2.71. The van der Waals surface area contributed by atoms with Crippen LogP contribution < -0.4 is 5.32 Å². The lowest BCUT2D eigenvalue weighted by Gasteiger charge is -2.24. The second-order valence-electron chi connectivity index (χ2n) is 2.54. The molecule has 1 aliphatic rings. The Hall–Kier alpha value is -0.650. The van der Waals surface area contributed by atoms with Crippen LogP contribution in [-0.4, -0.2) is 50.1 Å². The molecule has 0 radical (unpaired) electrons. The topological polar surface area (TPSA) is 58.6 Å². The minimum Gasteiger partial charge on any atom is -0.383 e. The predicted octanol–water partition coefficient (Wildman–Crippen LogP) is -0.987. The summed E-state index contributed by atoms with van der Waals surface area (Å²) in [6.45, 7) is 1.25. The molecular formula is C7H13ClN2O3. The number of imide groups is 1. The molecule has 0 aromatic heterocycles. The zero-order valence-electron chi connectivity index (χ0n) is 7.41. The molecule has 0 spiro atoms. The van der Waals surface area contributed by atoms with Crippen LogP contribution in [-0.2, 0) is 14.3 Å². The van der Waals surface area contributed by atoms with Crippen molar-refractivity contribution in [2.24, 2.45) is 0 Å². The molecule has 0 aromatic rings. The Balaban J connectivity index is 0.00000144. The molecule has 5 nitrogen and oxygen atoms in total. The maximum atomic E-state index is 11.1. The summed E-state index contributed by atoms with van der Waals surface area (Å²) in [5.74, 6) is -0.355. The zero-order chi connectivity index (χ0) is 8.97. The Labute approximate surface area is 82.8 Å². The minimum atomic E-state index is -0.177. The van der Waals surface area contributed by atoms with E-state index in [2.05, 4.69) is 5.32 Å². The Morgan fingerprint density at radius 3 is 2.38 bits per heavy atom. The Morgan fingerprint density at radius 2 is 1.92 bits per heavy atom. The van der Waals surface area contributed by atoms with Crippen LogP contribution in [0.5, 0.6) is 0 Å². The Bertz CT molecular complexity index is 182. The van der Waals surface area contributed by atoms with Gasteiger partial charge < -0.3 is 4.74 Å². The summed E-state index contributed by atoms with van der Waals surface area (Å²) in [6.07, 6.45) is 0. The molecule has 0 aromatic carbocycles. The lowest BCUT2D eigenvalue weighted by molar-refractivity contribution is -0.147. The summed E-state index contributed by atoms with van der Waals surface area (Å²) in [4.78, 5) is 23.4. The van der Waals surface area contributed by atoms with E-state index < -0.39 is 0 Å². The molecule has 1 aliphatic heterocycles. The highest BCUT2D eigenvalue weighted by molar-refractivity contribution is 5.99. The molecule has 0 unspecified atom stereocenters. The highest BCUT2D eigenvalue weighted by atomic mass is 35.5. The van der Waals surface area contributed by atoms with E-state index in [0.29, 0.717) is 13.2 Å². The van der Waals surface area contributed by atoms with Crippen molar-refractivity contribution < 1.29 is 14.3 Å². The van der Waals surface area contributed by atoms with E-state index in [-0.39, 0.29) is 37.3 Å². The van der Waals surface area contributed by atoms with Crippen LogP contribution in [0.25, 0.3) is 0 Å². The summed E-state index contributed by atoms with van der Waals surface area (Å²) < 4.78 is 4.77. The van der Waals surface area contributed by atoms with Gasteiger partial charge in [0.15, 0.2) is 0 Å². The van der Waals surface area contributed by atoms with Crippen LogP contribution in [0.3, 0.4) is 0 Å². The second kappa shape index (κ2) is 5.90. The monoisotopic (exact) mass is 208 g/mol. The van der Waals surface area contributed by atoms with Crippen molar-refractivity contribution >= 4 is 24.2 Å². The smallest absolute Gasteiger partial charge is 0.243 e. The van der Waals surface area contributed by atoms with Crippen LogP contribution in [0.2, 0.25) is 0 Å². The van der Waals surface area contributed by atoms with Crippen LogP contribution in [0.1, 0.15) is 0 Å². The summed E-state index contributed by atoms with van der Waals surface area (Å²) in [5.41, 5.74) is 0. The molecular weight excluding hydrogens is 196 g/mol. The molecule has 1 fully saturated rings. The molecule has 2 amide bonds. The molecule has 13 heavy (non-hydrogen) atoms. The van der Waals surface area contributed by atoms with Gasteiger partial charge in [-0.1, -0.05) is 0 Å². The molecule has 1 N–H and O–H groups in total. The molecule has 76 valence electrons. The molecule has 1 rings (SSSR count). The van der Waals surface area contributed by atoms with E-state index in [1.807, 2.05) is 0 Å². The van der Waals surface area contributed by atoms with Gasteiger partial charge in [-0.05, 0) is 0 Å². The predicted molar refractivity (Wildman–Crippen MR) is 48.7 cm³/mol. The van der Waals surface area contributed by atoms with Crippen LogP contribution in [0.4, 0.5) is 0 Å². The fourth-order valence-corrected chi connectivity index (χ4v) is 1.04. The van der Waals surface area contributed by atoms with Gasteiger partial charge in [-0.25, -0.2) is 0 Å². The van der Waals surface area contributed by atoms with Crippen LogP contribution in [0, 0.1) is 0 Å². The fourth-order valence-electron chi connectivity index (χ4n) is 1.04. The van der Waals surface area contributed by atoms with Crippen LogP contribution >= 0.6 is 12.4 Å². The molecule has 0 aliphatic carbocycles. The maximum absolute atomic E-state index is 11.1. The Morgan fingerprint density at radius 1 is 1.38 bits per heavy atom. The number of carbonyl (C=O) groups excluding carboxylic acids is 2. The van der Waals surface area contributed by atoms with Crippen molar-refractivity contribution in [2.75, 3.05) is 33.4 Å². The van der Waals surface area contributed by atoms with Crippen molar-refractivity contribution in [2.45, 2.75) is 0 Å². The number of amides is 2. The molecule has 0 saturated carbocycles. The second-order valence-corrected chi connectivity index (χ2v) is 2.54. The van der Waals surface area contributed by atoms with Gasteiger partial charge in [0.1, 0.15) is 0 Å². The van der Waals surface area contributed by atoms with Gasteiger partial charge in [0.05, 0.1) is 26.2 Å². The number of rotatable bonds is 3. The number of hydrogen-bond donors (Lipinski definition) is 1.